The summed E-state index contributed by atoms with van der Waals surface area (Å²) in [4.78, 5) is 0. The molecule has 0 N–H and O–H groups in total. The molecule has 0 saturated heterocycles. The fraction of sp³-hybridized carbons (Fsp3) is 0.222. The molecule has 4 nitrogen and oxygen atoms in total. The smallest absolute Gasteiger partial charge is 0.133 e. The van der Waals surface area contributed by atoms with E-state index in [-0.39, 0.29) is 23.0 Å². The van der Waals surface area contributed by atoms with Gasteiger partial charge in [0.25, 0.3) is 0 Å². The number of nitrogens with zero attached hydrogens (tertiary/aromatic N) is 4. The minimum atomic E-state index is -0.129. The molecule has 2 rings (SSSR count). The number of nitriles is 4. The second-order valence-electron chi connectivity index (χ2n) is 5.15. The Labute approximate surface area is 129 Å². The largest absolute Gasteiger partial charge is 0.192 e. The van der Waals surface area contributed by atoms with E-state index in [1.54, 1.807) is 0 Å². The molecule has 0 heterocycles. The minimum absolute atomic E-state index is 0.0846. The van der Waals surface area contributed by atoms with Gasteiger partial charge in [-0.15, -0.1) is 0 Å². The molecule has 0 amide bonds. The molecule has 2 unspecified atom stereocenters. The van der Waals surface area contributed by atoms with Crippen LogP contribution in [0.3, 0.4) is 0 Å². The van der Waals surface area contributed by atoms with Crippen LogP contribution in [0.2, 0.25) is 0 Å². The van der Waals surface area contributed by atoms with Crippen molar-refractivity contribution in [2.24, 2.45) is 11.8 Å². The van der Waals surface area contributed by atoms with Crippen molar-refractivity contribution >= 4 is 11.1 Å². The number of fused-ring (bicyclic) bond motifs is 1. The summed E-state index contributed by atoms with van der Waals surface area (Å²) in [6.07, 6.45) is 0. The molecule has 0 aromatic heterocycles. The normalized spacial score (nSPS) is 19.0. The SMILES string of the molecule is CC1C(=C(C#N)C#N)c2ccccc2C(=C(C#N)C#N)C1C. The Hall–Kier alpha value is -3.34. The molecule has 0 aliphatic heterocycles. The molecule has 0 radical (unpaired) electrons. The van der Waals surface area contributed by atoms with Crippen molar-refractivity contribution in [3.05, 3.63) is 46.5 Å². The number of rotatable bonds is 0. The van der Waals surface area contributed by atoms with Gasteiger partial charge >= 0.3 is 0 Å². The van der Waals surface area contributed by atoms with E-state index in [9.17, 15) is 21.0 Å². The lowest BCUT2D eigenvalue weighted by atomic mass is 9.69. The van der Waals surface area contributed by atoms with Crippen molar-refractivity contribution in [1.29, 1.82) is 21.0 Å². The maximum atomic E-state index is 9.23. The van der Waals surface area contributed by atoms with Gasteiger partial charge in [-0.3, -0.25) is 0 Å². The van der Waals surface area contributed by atoms with Gasteiger partial charge in [0, 0.05) is 0 Å². The zero-order valence-corrected chi connectivity index (χ0v) is 12.3. The summed E-state index contributed by atoms with van der Waals surface area (Å²) in [5.74, 6) is -0.258. The van der Waals surface area contributed by atoms with E-state index < -0.39 is 0 Å². The number of allylic oxidation sites excluding steroid dienone is 4. The fourth-order valence-corrected chi connectivity index (χ4v) is 2.96. The van der Waals surface area contributed by atoms with E-state index in [1.807, 2.05) is 62.4 Å². The highest BCUT2D eigenvalue weighted by Crippen LogP contribution is 2.47. The molecule has 1 aromatic carbocycles. The van der Waals surface area contributed by atoms with Gasteiger partial charge in [0.2, 0.25) is 0 Å². The summed E-state index contributed by atoms with van der Waals surface area (Å²) in [5, 5.41) is 36.9. The molecule has 1 aliphatic carbocycles. The van der Waals surface area contributed by atoms with Crippen molar-refractivity contribution in [1.82, 2.24) is 0 Å². The summed E-state index contributed by atoms with van der Waals surface area (Å²) >= 11 is 0. The molecule has 0 spiro atoms. The first kappa shape index (κ1) is 15.1. The van der Waals surface area contributed by atoms with Gasteiger partial charge in [0.15, 0.2) is 0 Å². The van der Waals surface area contributed by atoms with Crippen LogP contribution in [0.25, 0.3) is 11.1 Å². The first-order chi connectivity index (χ1) is 10.6. The van der Waals surface area contributed by atoms with Crippen molar-refractivity contribution in [3.63, 3.8) is 0 Å². The molecule has 0 saturated carbocycles. The fourth-order valence-electron chi connectivity index (χ4n) is 2.96. The Kier molecular flexibility index (Phi) is 4.08. The lowest BCUT2D eigenvalue weighted by Gasteiger charge is -2.33. The highest BCUT2D eigenvalue weighted by atomic mass is 14.4. The third-order valence-corrected chi connectivity index (χ3v) is 4.15. The third-order valence-electron chi connectivity index (χ3n) is 4.15. The molecule has 0 bridgehead atoms. The Morgan fingerprint density at radius 1 is 0.727 bits per heavy atom. The van der Waals surface area contributed by atoms with Gasteiger partial charge in [-0.25, -0.2) is 0 Å². The second-order valence-corrected chi connectivity index (χ2v) is 5.15. The zero-order valence-electron chi connectivity index (χ0n) is 12.3. The van der Waals surface area contributed by atoms with Crippen molar-refractivity contribution < 1.29 is 0 Å². The van der Waals surface area contributed by atoms with Crippen LogP contribution in [-0.2, 0) is 0 Å². The number of benzene rings is 1. The lowest BCUT2D eigenvalue weighted by Crippen LogP contribution is -2.21. The number of hydrogen-bond acceptors (Lipinski definition) is 4. The Balaban J connectivity index is 2.95. The second kappa shape index (κ2) is 5.97. The first-order valence-electron chi connectivity index (χ1n) is 6.79. The maximum Gasteiger partial charge on any atom is 0.133 e. The Morgan fingerprint density at radius 3 is 1.32 bits per heavy atom. The quantitative estimate of drug-likeness (QED) is 0.680. The van der Waals surface area contributed by atoms with Gasteiger partial charge in [-0.2, -0.15) is 21.0 Å². The molecular formula is C18H12N4. The highest BCUT2D eigenvalue weighted by Gasteiger charge is 2.34. The number of hydrogen-bond donors (Lipinski definition) is 0. The van der Waals surface area contributed by atoms with Crippen molar-refractivity contribution in [2.75, 3.05) is 0 Å². The van der Waals surface area contributed by atoms with Gasteiger partial charge < -0.3 is 0 Å². The maximum absolute atomic E-state index is 9.23. The first-order valence-corrected chi connectivity index (χ1v) is 6.79. The zero-order chi connectivity index (χ0) is 16.3. The van der Waals surface area contributed by atoms with E-state index >= 15 is 0 Å². The van der Waals surface area contributed by atoms with Crippen LogP contribution < -0.4 is 0 Å². The van der Waals surface area contributed by atoms with Crippen LogP contribution in [0, 0.1) is 57.2 Å². The average molecular weight is 284 g/mol. The molecule has 1 aromatic rings. The predicted octanol–water partition coefficient (Wildman–Crippen LogP) is 3.57. The third kappa shape index (κ3) is 2.14. The van der Waals surface area contributed by atoms with Crippen LogP contribution in [0.15, 0.2) is 35.4 Å². The van der Waals surface area contributed by atoms with E-state index in [4.69, 9.17) is 0 Å². The molecule has 2 atom stereocenters. The van der Waals surface area contributed by atoms with Crippen LogP contribution in [0.1, 0.15) is 25.0 Å². The molecule has 4 heteroatoms. The average Bonchev–Trinajstić information content (AvgIpc) is 2.55. The van der Waals surface area contributed by atoms with Gasteiger partial charge in [-0.1, -0.05) is 38.1 Å². The van der Waals surface area contributed by atoms with Crippen LogP contribution >= 0.6 is 0 Å². The predicted molar refractivity (Wildman–Crippen MR) is 81.1 cm³/mol. The Bertz CT molecular complexity index is 755. The van der Waals surface area contributed by atoms with E-state index in [0.29, 0.717) is 11.1 Å². The molecule has 1 aliphatic rings. The summed E-state index contributed by atoms with van der Waals surface area (Å²) in [6.45, 7) is 3.83. The van der Waals surface area contributed by atoms with Gasteiger partial charge in [-0.05, 0) is 34.1 Å². The summed E-state index contributed by atoms with van der Waals surface area (Å²) in [7, 11) is 0. The standard InChI is InChI=1S/C18H12N4/c1-11-12(2)18(14(9-21)10-22)16-6-4-3-5-15(16)17(11)13(7-19)8-20/h3-6,11-12H,1-2H3. The Morgan fingerprint density at radius 2 is 1.05 bits per heavy atom. The van der Waals surface area contributed by atoms with E-state index in [1.165, 1.54) is 0 Å². The van der Waals surface area contributed by atoms with E-state index in [2.05, 4.69) is 0 Å². The van der Waals surface area contributed by atoms with Crippen LogP contribution in [0.5, 0.6) is 0 Å². The topological polar surface area (TPSA) is 95.2 Å². The monoisotopic (exact) mass is 284 g/mol. The van der Waals surface area contributed by atoms with Crippen LogP contribution in [-0.4, -0.2) is 0 Å². The van der Waals surface area contributed by atoms with Crippen LogP contribution in [0.4, 0.5) is 0 Å². The lowest BCUT2D eigenvalue weighted by molar-refractivity contribution is 0.578. The van der Waals surface area contributed by atoms with Crippen molar-refractivity contribution in [3.8, 4) is 24.3 Å². The molecular weight excluding hydrogens is 272 g/mol. The van der Waals surface area contributed by atoms with Crippen molar-refractivity contribution in [2.45, 2.75) is 13.8 Å². The van der Waals surface area contributed by atoms with Gasteiger partial charge in [0.05, 0.1) is 0 Å². The van der Waals surface area contributed by atoms with Gasteiger partial charge in [0.1, 0.15) is 35.4 Å². The summed E-state index contributed by atoms with van der Waals surface area (Å²) in [6, 6.07) is 15.1. The molecule has 22 heavy (non-hydrogen) atoms. The summed E-state index contributed by atoms with van der Waals surface area (Å²) < 4.78 is 0. The summed E-state index contributed by atoms with van der Waals surface area (Å²) in [5.41, 5.74) is 3.05. The van der Waals surface area contributed by atoms with E-state index in [0.717, 1.165) is 11.1 Å². The molecule has 104 valence electrons. The highest BCUT2D eigenvalue weighted by molar-refractivity contribution is 5.92. The molecule has 0 fully saturated rings. The minimum Gasteiger partial charge on any atom is -0.192 e.